The summed E-state index contributed by atoms with van der Waals surface area (Å²) in [6, 6.07) is 28.0. The summed E-state index contributed by atoms with van der Waals surface area (Å²) in [6.45, 7) is 0. The molecule has 4 nitrogen and oxygen atoms in total. The fraction of sp³-hybridized carbons (Fsp3) is 0.0833. The second-order valence-electron chi connectivity index (χ2n) is 6.59. The van der Waals surface area contributed by atoms with Gasteiger partial charge in [0.15, 0.2) is 0 Å². The molecule has 0 unspecified atom stereocenters. The molecular weight excluding hydrogens is 350 g/mol. The van der Waals surface area contributed by atoms with Crippen LogP contribution in [0.25, 0.3) is 11.0 Å². The van der Waals surface area contributed by atoms with Gasteiger partial charge in [-0.1, -0.05) is 78.9 Å². The van der Waals surface area contributed by atoms with E-state index < -0.39 is 5.63 Å². The molecule has 0 saturated heterocycles. The highest BCUT2D eigenvalue weighted by molar-refractivity contribution is 5.87. The average Bonchev–Trinajstić information content (AvgIpc) is 2.73. The molecule has 28 heavy (non-hydrogen) atoms. The van der Waals surface area contributed by atoms with E-state index in [0.717, 1.165) is 16.5 Å². The summed E-state index contributed by atoms with van der Waals surface area (Å²) in [5.41, 5.74) is 2.69. The third kappa shape index (κ3) is 3.86. The summed E-state index contributed by atoms with van der Waals surface area (Å²) < 4.78 is 5.22. The standard InChI is InChI=1S/C24H19NO3/c26-22(15-19-16-23(27)28-21-14-8-7-13-20(19)21)25-24(17-9-3-1-4-10-17)18-11-5-2-6-12-18/h1-14,16,24H,15H2,(H,25,26). The number of carbonyl (C=O) groups excluding carboxylic acids is 1. The third-order valence-corrected chi connectivity index (χ3v) is 4.66. The Morgan fingerprint density at radius 3 is 2.04 bits per heavy atom. The zero-order valence-electron chi connectivity index (χ0n) is 15.2. The first-order chi connectivity index (χ1) is 13.7. The molecule has 3 aromatic carbocycles. The maximum absolute atomic E-state index is 12.9. The first-order valence-corrected chi connectivity index (χ1v) is 9.12. The zero-order chi connectivity index (χ0) is 19.3. The Morgan fingerprint density at radius 1 is 0.821 bits per heavy atom. The zero-order valence-corrected chi connectivity index (χ0v) is 15.2. The van der Waals surface area contributed by atoms with Gasteiger partial charge < -0.3 is 9.73 Å². The summed E-state index contributed by atoms with van der Waals surface area (Å²) in [5.74, 6) is -0.159. The van der Waals surface area contributed by atoms with Crippen LogP contribution in [0.2, 0.25) is 0 Å². The predicted molar refractivity (Wildman–Crippen MR) is 109 cm³/mol. The van der Waals surface area contributed by atoms with E-state index in [9.17, 15) is 9.59 Å². The molecule has 4 rings (SSSR count). The van der Waals surface area contributed by atoms with Gasteiger partial charge in [0, 0.05) is 11.5 Å². The lowest BCUT2D eigenvalue weighted by atomic mass is 9.98. The van der Waals surface area contributed by atoms with Gasteiger partial charge in [0.2, 0.25) is 5.91 Å². The molecule has 1 N–H and O–H groups in total. The van der Waals surface area contributed by atoms with Crippen LogP contribution in [0.5, 0.6) is 0 Å². The minimum Gasteiger partial charge on any atom is -0.423 e. The molecule has 0 fully saturated rings. The smallest absolute Gasteiger partial charge is 0.336 e. The van der Waals surface area contributed by atoms with Crippen molar-refractivity contribution in [2.45, 2.75) is 12.5 Å². The minimum atomic E-state index is -0.454. The number of fused-ring (bicyclic) bond motifs is 1. The second-order valence-corrected chi connectivity index (χ2v) is 6.59. The van der Waals surface area contributed by atoms with E-state index in [4.69, 9.17) is 4.42 Å². The lowest BCUT2D eigenvalue weighted by Crippen LogP contribution is -2.30. The van der Waals surface area contributed by atoms with Gasteiger partial charge in [0.1, 0.15) is 5.58 Å². The number of hydrogen-bond acceptors (Lipinski definition) is 3. The van der Waals surface area contributed by atoms with Crippen molar-refractivity contribution in [3.05, 3.63) is 118 Å². The quantitative estimate of drug-likeness (QED) is 0.535. The molecular formula is C24H19NO3. The average molecular weight is 369 g/mol. The highest BCUT2D eigenvalue weighted by Gasteiger charge is 2.18. The van der Waals surface area contributed by atoms with Crippen LogP contribution in [0.3, 0.4) is 0 Å². The van der Waals surface area contributed by atoms with E-state index in [2.05, 4.69) is 5.32 Å². The van der Waals surface area contributed by atoms with Gasteiger partial charge in [-0.05, 0) is 22.8 Å². The monoisotopic (exact) mass is 369 g/mol. The van der Waals surface area contributed by atoms with Crippen molar-refractivity contribution in [3.8, 4) is 0 Å². The first kappa shape index (κ1) is 17.7. The van der Waals surface area contributed by atoms with E-state index in [1.165, 1.54) is 6.07 Å². The number of benzene rings is 3. The molecule has 0 saturated carbocycles. The lowest BCUT2D eigenvalue weighted by Gasteiger charge is -2.20. The molecule has 0 aliphatic heterocycles. The maximum Gasteiger partial charge on any atom is 0.336 e. The van der Waals surface area contributed by atoms with Crippen LogP contribution >= 0.6 is 0 Å². The normalized spacial score (nSPS) is 10.9. The first-order valence-electron chi connectivity index (χ1n) is 9.12. The van der Waals surface area contributed by atoms with Crippen LogP contribution in [-0.4, -0.2) is 5.91 Å². The van der Waals surface area contributed by atoms with E-state index in [1.54, 1.807) is 12.1 Å². The Bertz CT molecular complexity index is 1110. The van der Waals surface area contributed by atoms with Gasteiger partial charge in [-0.2, -0.15) is 0 Å². The predicted octanol–water partition coefficient (Wildman–Crippen LogP) is 4.24. The number of amides is 1. The summed E-state index contributed by atoms with van der Waals surface area (Å²) >= 11 is 0. The van der Waals surface area contributed by atoms with Crippen LogP contribution in [0.4, 0.5) is 0 Å². The van der Waals surface area contributed by atoms with Crippen molar-refractivity contribution in [2.24, 2.45) is 0 Å². The number of hydrogen-bond donors (Lipinski definition) is 1. The number of rotatable bonds is 5. The molecule has 1 aromatic heterocycles. The van der Waals surface area contributed by atoms with Gasteiger partial charge in [-0.15, -0.1) is 0 Å². The molecule has 0 radical (unpaired) electrons. The molecule has 0 aliphatic carbocycles. The maximum atomic E-state index is 12.9. The van der Waals surface area contributed by atoms with E-state index in [1.807, 2.05) is 72.8 Å². The van der Waals surface area contributed by atoms with Crippen molar-refractivity contribution in [3.63, 3.8) is 0 Å². The van der Waals surface area contributed by atoms with E-state index >= 15 is 0 Å². The third-order valence-electron chi connectivity index (χ3n) is 4.66. The second kappa shape index (κ2) is 7.92. The highest BCUT2D eigenvalue weighted by atomic mass is 16.4. The number of nitrogens with one attached hydrogen (secondary N) is 1. The van der Waals surface area contributed by atoms with Crippen LogP contribution in [0.1, 0.15) is 22.7 Å². The van der Waals surface area contributed by atoms with Crippen molar-refractivity contribution < 1.29 is 9.21 Å². The van der Waals surface area contributed by atoms with E-state index in [0.29, 0.717) is 11.1 Å². The van der Waals surface area contributed by atoms with E-state index in [-0.39, 0.29) is 18.4 Å². The Kier molecular flexibility index (Phi) is 5.02. The minimum absolute atomic E-state index is 0.0995. The molecule has 4 aromatic rings. The fourth-order valence-corrected chi connectivity index (χ4v) is 3.36. The van der Waals surface area contributed by atoms with Gasteiger partial charge >= 0.3 is 5.63 Å². The van der Waals surface area contributed by atoms with Crippen LogP contribution < -0.4 is 10.9 Å². The van der Waals surface area contributed by atoms with Gasteiger partial charge in [-0.3, -0.25) is 4.79 Å². The summed E-state index contributed by atoms with van der Waals surface area (Å²) in [6.07, 6.45) is 0.0995. The number of carbonyl (C=O) groups is 1. The molecule has 0 atom stereocenters. The molecule has 4 heteroatoms. The van der Waals surface area contributed by atoms with Crippen molar-refractivity contribution in [2.75, 3.05) is 0 Å². The molecule has 1 amide bonds. The van der Waals surface area contributed by atoms with Crippen LogP contribution in [0.15, 0.2) is 100 Å². The summed E-state index contributed by atoms with van der Waals surface area (Å²) in [4.78, 5) is 24.7. The molecule has 0 spiro atoms. The summed E-state index contributed by atoms with van der Waals surface area (Å²) in [7, 11) is 0. The molecule has 138 valence electrons. The molecule has 0 aliphatic rings. The van der Waals surface area contributed by atoms with Gasteiger partial charge in [0.05, 0.1) is 12.5 Å². The molecule has 1 heterocycles. The Balaban J connectivity index is 1.64. The van der Waals surface area contributed by atoms with Gasteiger partial charge in [0.25, 0.3) is 0 Å². The fourth-order valence-electron chi connectivity index (χ4n) is 3.36. The topological polar surface area (TPSA) is 59.3 Å². The number of para-hydroxylation sites is 1. The van der Waals surface area contributed by atoms with Crippen LogP contribution in [0, 0.1) is 0 Å². The summed E-state index contributed by atoms with van der Waals surface area (Å²) in [5, 5.41) is 3.88. The molecule has 0 bridgehead atoms. The Hall–Kier alpha value is -3.66. The highest BCUT2D eigenvalue weighted by Crippen LogP contribution is 2.22. The van der Waals surface area contributed by atoms with Crippen molar-refractivity contribution in [1.82, 2.24) is 5.32 Å². The van der Waals surface area contributed by atoms with Crippen molar-refractivity contribution in [1.29, 1.82) is 0 Å². The largest absolute Gasteiger partial charge is 0.423 e. The van der Waals surface area contributed by atoms with Crippen molar-refractivity contribution >= 4 is 16.9 Å². The Labute approximate surface area is 162 Å². The Morgan fingerprint density at radius 2 is 1.39 bits per heavy atom. The SMILES string of the molecule is O=C(Cc1cc(=O)oc2ccccc12)NC(c1ccccc1)c1ccccc1. The van der Waals surface area contributed by atoms with Gasteiger partial charge in [-0.25, -0.2) is 4.79 Å². The lowest BCUT2D eigenvalue weighted by molar-refractivity contribution is -0.120. The van der Waals surface area contributed by atoms with Crippen LogP contribution in [-0.2, 0) is 11.2 Å².